The Bertz CT molecular complexity index is 865. The van der Waals surface area contributed by atoms with Crippen molar-refractivity contribution in [2.75, 3.05) is 18.5 Å². The van der Waals surface area contributed by atoms with Crippen molar-refractivity contribution in [3.05, 3.63) is 60.2 Å². The molecule has 0 saturated carbocycles. The number of nitrogens with one attached hydrogen (secondary N) is 2. The summed E-state index contributed by atoms with van der Waals surface area (Å²) in [6, 6.07) is 15.3. The maximum Gasteiger partial charge on any atom is 0.315 e. The maximum absolute atomic E-state index is 12.3. The first-order chi connectivity index (χ1) is 12.9. The second-order valence-corrected chi connectivity index (χ2v) is 7.45. The van der Waals surface area contributed by atoms with Crippen molar-refractivity contribution in [2.24, 2.45) is 0 Å². The molecule has 27 heavy (non-hydrogen) atoms. The normalized spacial score (nSPS) is 11.0. The van der Waals surface area contributed by atoms with E-state index in [2.05, 4.69) is 10.0 Å². The monoisotopic (exact) mass is 390 g/mol. The van der Waals surface area contributed by atoms with Crippen LogP contribution < -0.4 is 10.0 Å². The number of carbonyl (C=O) groups excluding carboxylic acids is 2. The summed E-state index contributed by atoms with van der Waals surface area (Å²) in [5, 5.41) is 2.52. The lowest BCUT2D eigenvalue weighted by Gasteiger charge is -2.09. The van der Waals surface area contributed by atoms with Crippen LogP contribution in [0.4, 0.5) is 5.69 Å². The number of rotatable bonds is 9. The minimum atomic E-state index is -3.64. The Morgan fingerprint density at radius 2 is 1.67 bits per heavy atom. The van der Waals surface area contributed by atoms with E-state index < -0.39 is 28.3 Å². The summed E-state index contributed by atoms with van der Waals surface area (Å²) in [5.74, 6) is -1.14. The molecule has 0 atom stereocenters. The summed E-state index contributed by atoms with van der Waals surface area (Å²) in [7, 11) is -3.64. The van der Waals surface area contributed by atoms with Crippen molar-refractivity contribution in [2.45, 2.75) is 24.7 Å². The predicted octanol–water partition coefficient (Wildman–Crippen LogP) is 2.10. The van der Waals surface area contributed by atoms with E-state index in [1.807, 2.05) is 30.3 Å². The summed E-state index contributed by atoms with van der Waals surface area (Å²) in [6.07, 6.45) is 0.191. The first-order valence-electron chi connectivity index (χ1n) is 8.50. The molecule has 144 valence electrons. The molecular weight excluding hydrogens is 368 g/mol. The van der Waals surface area contributed by atoms with E-state index in [-0.39, 0.29) is 18.0 Å². The summed E-state index contributed by atoms with van der Waals surface area (Å²) in [4.78, 5) is 23.1. The Morgan fingerprint density at radius 3 is 2.30 bits per heavy atom. The molecule has 0 saturated heterocycles. The van der Waals surface area contributed by atoms with Crippen molar-refractivity contribution in [3.8, 4) is 0 Å². The van der Waals surface area contributed by atoms with Crippen LogP contribution in [0.3, 0.4) is 0 Å². The first-order valence-corrected chi connectivity index (χ1v) is 9.98. The molecule has 0 fully saturated rings. The Kier molecular flexibility index (Phi) is 7.51. The highest BCUT2D eigenvalue weighted by Crippen LogP contribution is 2.14. The molecule has 0 heterocycles. The molecule has 7 nitrogen and oxygen atoms in total. The Balaban J connectivity index is 1.89. The molecule has 0 unspecified atom stereocenters. The number of benzene rings is 2. The molecule has 0 bridgehead atoms. The van der Waals surface area contributed by atoms with Crippen LogP contribution in [0, 0.1) is 0 Å². The standard InChI is InChI=1S/C19H22N2O5S/c1-2-26-19(23)14-18(22)21-16-8-10-17(11-9-16)27(24,25)20-13-12-15-6-4-3-5-7-15/h3-11,20H,2,12-14H2,1H3,(H,21,22). The molecule has 2 aromatic carbocycles. The molecule has 0 aliphatic rings. The van der Waals surface area contributed by atoms with Crippen molar-refractivity contribution < 1.29 is 22.7 Å². The zero-order valence-corrected chi connectivity index (χ0v) is 15.8. The predicted molar refractivity (Wildman–Crippen MR) is 102 cm³/mol. The highest BCUT2D eigenvalue weighted by atomic mass is 32.2. The van der Waals surface area contributed by atoms with Crippen LogP contribution in [0.5, 0.6) is 0 Å². The molecule has 1 amide bonds. The van der Waals surface area contributed by atoms with Crippen molar-refractivity contribution in [1.82, 2.24) is 4.72 Å². The van der Waals surface area contributed by atoms with Crippen LogP contribution in [0.15, 0.2) is 59.5 Å². The van der Waals surface area contributed by atoms with E-state index in [0.717, 1.165) is 5.56 Å². The fourth-order valence-electron chi connectivity index (χ4n) is 2.32. The molecule has 0 aliphatic carbocycles. The smallest absolute Gasteiger partial charge is 0.315 e. The maximum atomic E-state index is 12.3. The second kappa shape index (κ2) is 9.84. The molecule has 2 aromatic rings. The van der Waals surface area contributed by atoms with Gasteiger partial charge in [-0.15, -0.1) is 0 Å². The Hall–Kier alpha value is -2.71. The molecule has 2 rings (SSSR count). The highest BCUT2D eigenvalue weighted by molar-refractivity contribution is 7.89. The highest BCUT2D eigenvalue weighted by Gasteiger charge is 2.14. The minimum absolute atomic E-state index is 0.0963. The fraction of sp³-hybridized carbons (Fsp3) is 0.263. The van der Waals surface area contributed by atoms with Gasteiger partial charge in [-0.05, 0) is 43.2 Å². The Morgan fingerprint density at radius 1 is 1.00 bits per heavy atom. The summed E-state index contributed by atoms with van der Waals surface area (Å²) in [6.45, 7) is 2.14. The van der Waals surface area contributed by atoms with Gasteiger partial charge in [0.25, 0.3) is 0 Å². The van der Waals surface area contributed by atoms with E-state index in [4.69, 9.17) is 4.74 Å². The number of esters is 1. The lowest BCUT2D eigenvalue weighted by molar-refractivity contribution is -0.145. The third-order valence-electron chi connectivity index (χ3n) is 3.61. The Labute approximate surface area is 158 Å². The third kappa shape index (κ3) is 6.84. The average molecular weight is 390 g/mol. The van der Waals surface area contributed by atoms with Crippen LogP contribution in [-0.4, -0.2) is 33.4 Å². The SMILES string of the molecule is CCOC(=O)CC(=O)Nc1ccc(S(=O)(=O)NCCc2ccccc2)cc1. The van der Waals surface area contributed by atoms with E-state index in [1.54, 1.807) is 6.92 Å². The first kappa shape index (κ1) is 20.6. The van der Waals surface area contributed by atoms with Crippen LogP contribution in [-0.2, 0) is 30.8 Å². The molecular formula is C19H22N2O5S. The summed E-state index contributed by atoms with van der Waals surface area (Å²) >= 11 is 0. The van der Waals surface area contributed by atoms with Gasteiger partial charge < -0.3 is 10.1 Å². The topological polar surface area (TPSA) is 102 Å². The lowest BCUT2D eigenvalue weighted by Crippen LogP contribution is -2.26. The van der Waals surface area contributed by atoms with Crippen molar-refractivity contribution >= 4 is 27.6 Å². The van der Waals surface area contributed by atoms with Crippen molar-refractivity contribution in [3.63, 3.8) is 0 Å². The number of anilines is 1. The molecule has 2 N–H and O–H groups in total. The molecule has 0 radical (unpaired) electrons. The number of carbonyl (C=O) groups is 2. The van der Waals surface area contributed by atoms with Gasteiger partial charge >= 0.3 is 5.97 Å². The number of ether oxygens (including phenoxy) is 1. The summed E-state index contributed by atoms with van der Waals surface area (Å²) in [5.41, 5.74) is 1.44. The van der Waals surface area contributed by atoms with E-state index in [9.17, 15) is 18.0 Å². The number of hydrogen-bond donors (Lipinski definition) is 2. The van der Waals surface area contributed by atoms with Gasteiger partial charge in [0.05, 0.1) is 11.5 Å². The van der Waals surface area contributed by atoms with Gasteiger partial charge in [0.1, 0.15) is 6.42 Å². The fourth-order valence-corrected chi connectivity index (χ4v) is 3.36. The lowest BCUT2D eigenvalue weighted by atomic mass is 10.2. The van der Waals surface area contributed by atoms with E-state index >= 15 is 0 Å². The van der Waals surface area contributed by atoms with Gasteiger partial charge in [-0.25, -0.2) is 13.1 Å². The zero-order valence-electron chi connectivity index (χ0n) is 15.0. The molecule has 0 aromatic heterocycles. The van der Waals surface area contributed by atoms with Gasteiger partial charge in [-0.3, -0.25) is 9.59 Å². The molecule has 8 heteroatoms. The second-order valence-electron chi connectivity index (χ2n) is 5.69. The largest absolute Gasteiger partial charge is 0.466 e. The van der Waals surface area contributed by atoms with Gasteiger partial charge in [0.15, 0.2) is 0 Å². The quantitative estimate of drug-likeness (QED) is 0.504. The van der Waals surface area contributed by atoms with Crippen LogP contribution in [0.2, 0.25) is 0 Å². The van der Waals surface area contributed by atoms with Crippen molar-refractivity contribution in [1.29, 1.82) is 0 Å². The van der Waals surface area contributed by atoms with E-state index in [0.29, 0.717) is 12.1 Å². The average Bonchev–Trinajstić information content (AvgIpc) is 2.63. The number of sulfonamides is 1. The van der Waals surface area contributed by atoms with Gasteiger partial charge in [-0.2, -0.15) is 0 Å². The zero-order chi connectivity index (χ0) is 19.7. The van der Waals surface area contributed by atoms with Crippen LogP contribution in [0.25, 0.3) is 0 Å². The minimum Gasteiger partial charge on any atom is -0.466 e. The van der Waals surface area contributed by atoms with Gasteiger partial charge in [0.2, 0.25) is 15.9 Å². The third-order valence-corrected chi connectivity index (χ3v) is 5.08. The van der Waals surface area contributed by atoms with Crippen LogP contribution >= 0.6 is 0 Å². The molecule has 0 spiro atoms. The van der Waals surface area contributed by atoms with Gasteiger partial charge in [0, 0.05) is 12.2 Å². The van der Waals surface area contributed by atoms with Crippen LogP contribution in [0.1, 0.15) is 18.9 Å². The van der Waals surface area contributed by atoms with E-state index in [1.165, 1.54) is 24.3 Å². The van der Waals surface area contributed by atoms with Gasteiger partial charge in [-0.1, -0.05) is 30.3 Å². The summed E-state index contributed by atoms with van der Waals surface area (Å²) < 4.78 is 31.9. The number of hydrogen-bond acceptors (Lipinski definition) is 5. The number of amides is 1. The molecule has 0 aliphatic heterocycles.